The molecular formula is C25H29FN4O3. The van der Waals surface area contributed by atoms with E-state index in [-0.39, 0.29) is 40.8 Å². The molecule has 1 saturated carbocycles. The van der Waals surface area contributed by atoms with Crippen LogP contribution in [0.2, 0.25) is 0 Å². The highest BCUT2D eigenvalue weighted by Crippen LogP contribution is 2.39. The number of non-ortho nitro benzene ring substituents is 1. The van der Waals surface area contributed by atoms with Gasteiger partial charge in [-0.1, -0.05) is 25.0 Å². The summed E-state index contributed by atoms with van der Waals surface area (Å²) in [6, 6.07) is 11.8. The van der Waals surface area contributed by atoms with Crippen molar-refractivity contribution in [3.8, 4) is 0 Å². The number of hydrogen-bond donors (Lipinski definition) is 1. The zero-order chi connectivity index (χ0) is 22.9. The number of carbonyl (C=O) groups is 1. The van der Waals surface area contributed by atoms with E-state index in [1.165, 1.54) is 37.8 Å². The Morgan fingerprint density at radius 3 is 2.73 bits per heavy atom. The van der Waals surface area contributed by atoms with Crippen molar-refractivity contribution in [1.82, 2.24) is 10.2 Å². The number of nitro benzene ring substituents is 1. The molecule has 8 heteroatoms. The van der Waals surface area contributed by atoms with Crippen molar-refractivity contribution in [2.75, 3.05) is 24.5 Å². The van der Waals surface area contributed by atoms with Gasteiger partial charge in [0.15, 0.2) is 0 Å². The summed E-state index contributed by atoms with van der Waals surface area (Å²) < 4.78 is 13.5. The standard InChI is InChI=1S/C25H29FN4O3/c26-19-5-3-4-17(12-19)15-27-25(31)22-14-18-13-21(30(32)33)8-9-23(18)29-11-10-28(16-24(22)29)20-6-1-2-7-20/h3-5,8-9,12-13,20,22,24H,1-2,6-7,10-11,14-16H2,(H,27,31)/t22-,24-/m0/s1. The predicted molar refractivity (Wildman–Crippen MR) is 124 cm³/mol. The molecule has 2 aromatic rings. The maximum atomic E-state index is 13.5. The lowest BCUT2D eigenvalue weighted by Gasteiger charge is -2.50. The Balaban J connectivity index is 1.40. The smallest absolute Gasteiger partial charge is 0.269 e. The van der Waals surface area contributed by atoms with E-state index in [9.17, 15) is 19.3 Å². The summed E-state index contributed by atoms with van der Waals surface area (Å²) in [5, 5.41) is 14.3. The van der Waals surface area contributed by atoms with Gasteiger partial charge in [-0.05, 0) is 48.6 Å². The van der Waals surface area contributed by atoms with Crippen LogP contribution in [0, 0.1) is 21.8 Å². The Bertz CT molecular complexity index is 1060. The van der Waals surface area contributed by atoms with Gasteiger partial charge < -0.3 is 10.2 Å². The second-order valence-electron chi connectivity index (χ2n) is 9.42. The number of rotatable bonds is 5. The summed E-state index contributed by atoms with van der Waals surface area (Å²) in [7, 11) is 0. The minimum atomic E-state index is -0.385. The van der Waals surface area contributed by atoms with E-state index in [2.05, 4.69) is 15.1 Å². The zero-order valence-corrected chi connectivity index (χ0v) is 18.6. The Morgan fingerprint density at radius 2 is 1.97 bits per heavy atom. The minimum Gasteiger partial charge on any atom is -0.365 e. The van der Waals surface area contributed by atoms with Crippen molar-refractivity contribution < 1.29 is 14.1 Å². The zero-order valence-electron chi connectivity index (χ0n) is 18.6. The highest BCUT2D eigenvalue weighted by Gasteiger charge is 2.43. The van der Waals surface area contributed by atoms with E-state index >= 15 is 0 Å². The average molecular weight is 453 g/mol. The number of halogens is 1. The Hall–Kier alpha value is -3.00. The highest BCUT2D eigenvalue weighted by molar-refractivity contribution is 5.82. The average Bonchev–Trinajstić information content (AvgIpc) is 3.36. The van der Waals surface area contributed by atoms with Crippen LogP contribution in [0.5, 0.6) is 0 Å². The van der Waals surface area contributed by atoms with E-state index in [1.807, 2.05) is 6.07 Å². The van der Waals surface area contributed by atoms with E-state index in [1.54, 1.807) is 24.3 Å². The van der Waals surface area contributed by atoms with Crippen molar-refractivity contribution in [3.63, 3.8) is 0 Å². The molecule has 0 spiro atoms. The second kappa shape index (κ2) is 9.09. The molecule has 0 radical (unpaired) electrons. The molecule has 0 aromatic heterocycles. The first-order valence-corrected chi connectivity index (χ1v) is 11.8. The van der Waals surface area contributed by atoms with Gasteiger partial charge in [0.05, 0.1) is 16.9 Å². The molecular weight excluding hydrogens is 423 g/mol. The van der Waals surface area contributed by atoms with Crippen LogP contribution in [0.1, 0.15) is 36.8 Å². The van der Waals surface area contributed by atoms with Gasteiger partial charge in [-0.15, -0.1) is 0 Å². The lowest BCUT2D eigenvalue weighted by Crippen LogP contribution is -2.62. The van der Waals surface area contributed by atoms with Crippen molar-refractivity contribution in [1.29, 1.82) is 0 Å². The molecule has 7 nitrogen and oxygen atoms in total. The van der Waals surface area contributed by atoms with Crippen LogP contribution in [0.4, 0.5) is 15.8 Å². The predicted octanol–water partition coefficient (Wildman–Crippen LogP) is 3.66. The molecule has 33 heavy (non-hydrogen) atoms. The summed E-state index contributed by atoms with van der Waals surface area (Å²) >= 11 is 0. The van der Waals surface area contributed by atoms with Crippen molar-refractivity contribution in [2.45, 2.75) is 50.7 Å². The molecule has 174 valence electrons. The third-order valence-corrected chi connectivity index (χ3v) is 7.47. The molecule has 1 aliphatic carbocycles. The number of nitro groups is 1. The first-order chi connectivity index (χ1) is 16.0. The molecule has 2 atom stereocenters. The normalized spacial score (nSPS) is 23.1. The van der Waals surface area contributed by atoms with Crippen molar-refractivity contribution in [2.24, 2.45) is 5.92 Å². The summed E-state index contributed by atoms with van der Waals surface area (Å²) in [5.74, 6) is -0.733. The molecule has 1 amide bonds. The van der Waals surface area contributed by atoms with Crippen LogP contribution in [0.25, 0.3) is 0 Å². The monoisotopic (exact) mass is 452 g/mol. The largest absolute Gasteiger partial charge is 0.365 e. The maximum Gasteiger partial charge on any atom is 0.269 e. The van der Waals surface area contributed by atoms with Gasteiger partial charge in [0, 0.05) is 50.0 Å². The van der Waals surface area contributed by atoms with Gasteiger partial charge in [0.25, 0.3) is 5.69 Å². The Morgan fingerprint density at radius 1 is 1.15 bits per heavy atom. The van der Waals surface area contributed by atoms with Gasteiger partial charge in [0.2, 0.25) is 5.91 Å². The fraction of sp³-hybridized carbons (Fsp3) is 0.480. The van der Waals surface area contributed by atoms with Crippen LogP contribution in [0.15, 0.2) is 42.5 Å². The molecule has 2 aliphatic heterocycles. The number of nitrogens with one attached hydrogen (secondary N) is 1. The number of amides is 1. The summed E-state index contributed by atoms with van der Waals surface area (Å²) in [4.78, 5) is 29.2. The van der Waals surface area contributed by atoms with Crippen LogP contribution >= 0.6 is 0 Å². The SMILES string of the molecule is O=C(NCc1cccc(F)c1)[C@H]1Cc2cc([N+](=O)[O-])ccc2N2CCN(C3CCCC3)C[C@@H]12. The first-order valence-electron chi connectivity index (χ1n) is 11.8. The molecule has 0 unspecified atom stereocenters. The van der Waals surface area contributed by atoms with Gasteiger partial charge in [0.1, 0.15) is 5.82 Å². The fourth-order valence-corrected chi connectivity index (χ4v) is 5.81. The molecule has 1 saturated heterocycles. The molecule has 3 aliphatic rings. The van der Waals surface area contributed by atoms with Crippen LogP contribution in [0.3, 0.4) is 0 Å². The molecule has 1 N–H and O–H groups in total. The number of benzene rings is 2. The van der Waals surface area contributed by atoms with E-state index < -0.39 is 0 Å². The maximum absolute atomic E-state index is 13.5. The topological polar surface area (TPSA) is 78.7 Å². The van der Waals surface area contributed by atoms with E-state index in [0.717, 1.165) is 30.9 Å². The van der Waals surface area contributed by atoms with Crippen LogP contribution in [-0.2, 0) is 17.8 Å². The second-order valence-corrected chi connectivity index (χ2v) is 9.42. The third kappa shape index (κ3) is 4.44. The van der Waals surface area contributed by atoms with Crippen LogP contribution < -0.4 is 10.2 Å². The number of fused-ring (bicyclic) bond motifs is 3. The number of anilines is 1. The van der Waals surface area contributed by atoms with Crippen molar-refractivity contribution >= 4 is 17.3 Å². The van der Waals surface area contributed by atoms with Gasteiger partial charge in [-0.25, -0.2) is 4.39 Å². The van der Waals surface area contributed by atoms with Gasteiger partial charge in [-0.2, -0.15) is 0 Å². The van der Waals surface area contributed by atoms with E-state index in [4.69, 9.17) is 0 Å². The minimum absolute atomic E-state index is 0.0146. The quantitative estimate of drug-likeness (QED) is 0.553. The first kappa shape index (κ1) is 21.8. The van der Waals surface area contributed by atoms with Crippen molar-refractivity contribution in [3.05, 3.63) is 69.5 Å². The van der Waals surface area contributed by atoms with Crippen LogP contribution in [-0.4, -0.2) is 47.4 Å². The Labute approximate surface area is 192 Å². The molecule has 2 heterocycles. The molecule has 2 fully saturated rings. The lowest BCUT2D eigenvalue weighted by molar-refractivity contribution is -0.384. The molecule has 2 aromatic carbocycles. The molecule has 5 rings (SSSR count). The number of piperazine rings is 1. The fourth-order valence-electron chi connectivity index (χ4n) is 5.81. The van der Waals surface area contributed by atoms with E-state index in [0.29, 0.717) is 18.0 Å². The van der Waals surface area contributed by atoms with Gasteiger partial charge >= 0.3 is 0 Å². The molecule has 0 bridgehead atoms. The lowest BCUT2D eigenvalue weighted by atomic mass is 9.82. The third-order valence-electron chi connectivity index (χ3n) is 7.47. The summed E-state index contributed by atoms with van der Waals surface area (Å²) in [6.07, 6.45) is 5.42. The van der Waals surface area contributed by atoms with Gasteiger partial charge in [-0.3, -0.25) is 19.8 Å². The Kier molecular flexibility index (Phi) is 6.01. The summed E-state index contributed by atoms with van der Waals surface area (Å²) in [5.41, 5.74) is 2.62. The number of carbonyl (C=O) groups excluding carboxylic acids is 1. The summed E-state index contributed by atoms with van der Waals surface area (Å²) in [6.45, 7) is 2.82. The highest BCUT2D eigenvalue weighted by atomic mass is 19.1. The number of hydrogen-bond acceptors (Lipinski definition) is 5. The number of nitrogens with zero attached hydrogens (tertiary/aromatic N) is 3.